The van der Waals surface area contributed by atoms with E-state index in [1.54, 1.807) is 38.3 Å². The maximum absolute atomic E-state index is 13.5. The minimum absolute atomic E-state index is 0.0897. The number of urea groups is 1. The van der Waals surface area contributed by atoms with Gasteiger partial charge in [-0.1, -0.05) is 35.9 Å². The van der Waals surface area contributed by atoms with Crippen molar-refractivity contribution >= 4 is 29.6 Å². The van der Waals surface area contributed by atoms with Crippen molar-refractivity contribution in [1.29, 1.82) is 0 Å². The number of hydrogen-bond acceptors (Lipinski definition) is 5. The molecule has 2 aromatic rings. The molecule has 0 fully saturated rings. The minimum atomic E-state index is -1.11. The summed E-state index contributed by atoms with van der Waals surface area (Å²) in [4.78, 5) is 31.8. The fourth-order valence-corrected chi connectivity index (χ4v) is 3.99. The molecule has 1 heterocycles. The number of aliphatic hydroxyl groups is 1. The zero-order chi connectivity index (χ0) is 25.6. The molecule has 8 nitrogen and oxygen atoms in total. The molecular formula is C25H30ClFN4O4. The van der Waals surface area contributed by atoms with Crippen LogP contribution in [0.1, 0.15) is 43.9 Å². The second-order valence-electron chi connectivity index (χ2n) is 8.99. The number of nitrogens with zero attached hydrogens (tertiary/aromatic N) is 2. The third kappa shape index (κ3) is 7.76. The lowest BCUT2D eigenvalue weighted by atomic mass is 9.99. The van der Waals surface area contributed by atoms with Crippen LogP contribution < -0.4 is 10.9 Å². The van der Waals surface area contributed by atoms with Gasteiger partial charge in [-0.3, -0.25) is 19.5 Å². The molecule has 0 bridgehead atoms. The Bertz CT molecular complexity index is 1090. The zero-order valence-electron chi connectivity index (χ0n) is 19.9. The van der Waals surface area contributed by atoms with Crippen LogP contribution in [0.25, 0.3) is 6.08 Å². The van der Waals surface area contributed by atoms with E-state index in [-0.39, 0.29) is 37.8 Å². The smallest absolute Gasteiger partial charge is 0.345 e. The molecule has 35 heavy (non-hydrogen) atoms. The number of hydroxylamine groups is 1. The van der Waals surface area contributed by atoms with Crippen molar-refractivity contribution < 1.29 is 23.9 Å². The normalized spacial score (nSPS) is 13.8. The molecule has 0 aliphatic carbocycles. The number of carbonyl (C=O) groups excluding carboxylic acids is 2. The van der Waals surface area contributed by atoms with E-state index in [9.17, 15) is 19.1 Å². The summed E-state index contributed by atoms with van der Waals surface area (Å²) in [5.74, 6) is -0.669. The molecule has 3 amide bonds. The quantitative estimate of drug-likeness (QED) is 0.449. The molecular weight excluding hydrogens is 475 g/mol. The molecule has 0 saturated carbocycles. The Kier molecular flexibility index (Phi) is 8.85. The van der Waals surface area contributed by atoms with Crippen LogP contribution in [0.15, 0.2) is 48.7 Å². The van der Waals surface area contributed by atoms with E-state index in [0.29, 0.717) is 10.6 Å². The molecule has 2 aromatic carbocycles. The van der Waals surface area contributed by atoms with Crippen LogP contribution in [0.2, 0.25) is 5.02 Å². The molecule has 0 radical (unpaired) electrons. The van der Waals surface area contributed by atoms with Crippen molar-refractivity contribution in [3.63, 3.8) is 0 Å². The van der Waals surface area contributed by atoms with Crippen LogP contribution in [0.4, 0.5) is 9.18 Å². The van der Waals surface area contributed by atoms with Gasteiger partial charge >= 0.3 is 6.03 Å². The predicted molar refractivity (Wildman–Crippen MR) is 131 cm³/mol. The van der Waals surface area contributed by atoms with Gasteiger partial charge in [0.2, 0.25) is 5.91 Å². The summed E-state index contributed by atoms with van der Waals surface area (Å²) in [6, 6.07) is 10.5. The van der Waals surface area contributed by atoms with Gasteiger partial charge in [0.25, 0.3) is 0 Å². The van der Waals surface area contributed by atoms with Gasteiger partial charge in [-0.2, -0.15) is 0 Å². The van der Waals surface area contributed by atoms with Crippen LogP contribution in [-0.4, -0.2) is 45.2 Å². The highest BCUT2D eigenvalue weighted by atomic mass is 35.5. The number of hydrazine groups is 1. The molecule has 3 rings (SSSR count). The van der Waals surface area contributed by atoms with Gasteiger partial charge < -0.3 is 5.11 Å². The van der Waals surface area contributed by atoms with E-state index < -0.39 is 17.7 Å². The number of nitrogens with one attached hydrogen (secondary N) is 2. The third-order valence-electron chi connectivity index (χ3n) is 5.41. The summed E-state index contributed by atoms with van der Waals surface area (Å²) in [5, 5.41) is 12.3. The van der Waals surface area contributed by atoms with E-state index >= 15 is 0 Å². The van der Waals surface area contributed by atoms with Gasteiger partial charge in [-0.05, 0) is 61.2 Å². The van der Waals surface area contributed by atoms with Crippen molar-refractivity contribution in [2.45, 2.75) is 51.9 Å². The highest BCUT2D eigenvalue weighted by Gasteiger charge is 2.29. The van der Waals surface area contributed by atoms with Gasteiger partial charge in [-0.25, -0.2) is 20.1 Å². The summed E-state index contributed by atoms with van der Waals surface area (Å²) in [6.45, 7) is 5.02. The number of rotatable bonds is 9. The van der Waals surface area contributed by atoms with Crippen molar-refractivity contribution in [2.75, 3.05) is 6.61 Å². The number of amides is 3. The summed E-state index contributed by atoms with van der Waals surface area (Å²) >= 11 is 6.22. The number of hydrogen-bond donors (Lipinski definition) is 3. The Labute approximate surface area is 209 Å². The molecule has 0 saturated heterocycles. The van der Waals surface area contributed by atoms with Gasteiger partial charge in [0.05, 0.1) is 24.8 Å². The highest BCUT2D eigenvalue weighted by Crippen LogP contribution is 2.21. The standard InChI is InChI=1S/C25H30ClFN4O4/c1-17(32)31(28-14-19-6-4-5-7-23(19)26)22(13-25(2,3)34)16-35-29-24(33)30-11-10-18-8-9-21(27)12-20(18)15-30/h4-12,22,28,34H,13-16H2,1-3H3,(H,29,33)/t22-/m0/s1. The van der Waals surface area contributed by atoms with Gasteiger partial charge in [0.1, 0.15) is 5.82 Å². The average molecular weight is 505 g/mol. The highest BCUT2D eigenvalue weighted by molar-refractivity contribution is 6.31. The SMILES string of the molecule is CC(=O)N(NCc1ccccc1Cl)[C@H](CONC(=O)N1C=Cc2ccc(F)cc2C1)CC(C)(C)O. The maximum Gasteiger partial charge on any atom is 0.345 e. The first kappa shape index (κ1) is 26.6. The lowest BCUT2D eigenvalue weighted by Crippen LogP contribution is -2.53. The van der Waals surface area contributed by atoms with E-state index in [1.807, 2.05) is 18.2 Å². The molecule has 0 aromatic heterocycles. The number of carbonyl (C=O) groups is 2. The van der Waals surface area contributed by atoms with Crippen LogP contribution in [-0.2, 0) is 22.7 Å². The molecule has 1 atom stereocenters. The Morgan fingerprint density at radius 1 is 1.29 bits per heavy atom. The van der Waals surface area contributed by atoms with Crippen LogP contribution in [0.3, 0.4) is 0 Å². The Morgan fingerprint density at radius 2 is 2.03 bits per heavy atom. The van der Waals surface area contributed by atoms with Gasteiger partial charge in [0, 0.05) is 24.7 Å². The van der Waals surface area contributed by atoms with Crippen LogP contribution in [0.5, 0.6) is 0 Å². The first-order chi connectivity index (χ1) is 16.5. The zero-order valence-corrected chi connectivity index (χ0v) is 20.7. The van der Waals surface area contributed by atoms with E-state index in [4.69, 9.17) is 16.4 Å². The molecule has 1 aliphatic heterocycles. The van der Waals surface area contributed by atoms with Crippen molar-refractivity contribution in [3.05, 3.63) is 76.2 Å². The summed E-state index contributed by atoms with van der Waals surface area (Å²) in [7, 11) is 0. The number of benzene rings is 2. The molecule has 188 valence electrons. The first-order valence-electron chi connectivity index (χ1n) is 11.2. The topological polar surface area (TPSA) is 94.1 Å². The summed E-state index contributed by atoms with van der Waals surface area (Å²) in [6.07, 6.45) is 3.47. The molecule has 10 heteroatoms. The minimum Gasteiger partial charge on any atom is -0.390 e. The third-order valence-corrected chi connectivity index (χ3v) is 5.78. The second-order valence-corrected chi connectivity index (χ2v) is 9.40. The fourth-order valence-electron chi connectivity index (χ4n) is 3.79. The largest absolute Gasteiger partial charge is 0.390 e. The Morgan fingerprint density at radius 3 is 2.71 bits per heavy atom. The molecule has 0 spiro atoms. The van der Waals surface area contributed by atoms with E-state index in [0.717, 1.165) is 11.1 Å². The maximum atomic E-state index is 13.5. The first-order valence-corrected chi connectivity index (χ1v) is 11.6. The lowest BCUT2D eigenvalue weighted by Gasteiger charge is -2.34. The average Bonchev–Trinajstić information content (AvgIpc) is 2.78. The molecule has 3 N–H and O–H groups in total. The lowest BCUT2D eigenvalue weighted by molar-refractivity contribution is -0.139. The van der Waals surface area contributed by atoms with Gasteiger partial charge in [-0.15, -0.1) is 0 Å². The second kappa shape index (κ2) is 11.6. The van der Waals surface area contributed by atoms with Crippen LogP contribution >= 0.6 is 11.6 Å². The molecule has 1 aliphatic rings. The Hall–Kier alpha value is -2.98. The fraction of sp³-hybridized carbons (Fsp3) is 0.360. The summed E-state index contributed by atoms with van der Waals surface area (Å²) in [5.41, 5.74) is 6.62. The van der Waals surface area contributed by atoms with Gasteiger partial charge in [0.15, 0.2) is 0 Å². The Balaban J connectivity index is 1.62. The monoisotopic (exact) mass is 504 g/mol. The van der Waals surface area contributed by atoms with Crippen molar-refractivity contribution in [1.82, 2.24) is 20.8 Å². The van der Waals surface area contributed by atoms with Crippen molar-refractivity contribution in [2.24, 2.45) is 0 Å². The molecule has 0 unspecified atom stereocenters. The van der Waals surface area contributed by atoms with E-state index in [1.165, 1.54) is 29.0 Å². The number of halogens is 2. The van der Waals surface area contributed by atoms with E-state index in [2.05, 4.69) is 10.9 Å². The predicted octanol–water partition coefficient (Wildman–Crippen LogP) is 3.99. The van der Waals surface area contributed by atoms with Crippen molar-refractivity contribution in [3.8, 4) is 0 Å². The summed E-state index contributed by atoms with van der Waals surface area (Å²) < 4.78 is 13.5. The van der Waals surface area contributed by atoms with Crippen LogP contribution in [0, 0.1) is 5.82 Å². The number of fused-ring (bicyclic) bond motifs is 1.